The molecule has 1 aromatic carbocycles. The molecule has 31 heavy (non-hydrogen) atoms. The lowest BCUT2D eigenvalue weighted by atomic mass is 9.54. The van der Waals surface area contributed by atoms with Gasteiger partial charge < -0.3 is 24.1 Å². The van der Waals surface area contributed by atoms with Crippen LogP contribution in [0.25, 0.3) is 0 Å². The van der Waals surface area contributed by atoms with E-state index in [0.29, 0.717) is 24.5 Å². The summed E-state index contributed by atoms with van der Waals surface area (Å²) in [5.41, 5.74) is -1.35. The number of nitrogens with zero attached hydrogens (tertiary/aromatic N) is 1. The van der Waals surface area contributed by atoms with Gasteiger partial charge >= 0.3 is 6.09 Å². The molecule has 8 heteroatoms. The second-order valence-electron chi connectivity index (χ2n) is 9.63. The van der Waals surface area contributed by atoms with Gasteiger partial charge in [-0.15, -0.1) is 0 Å². The van der Waals surface area contributed by atoms with Crippen molar-refractivity contribution in [2.75, 3.05) is 20.8 Å². The average molecular weight is 429 g/mol. The fraction of sp³-hybridized carbons (Fsp3) is 0.565. The Balaban J connectivity index is 1.80. The highest BCUT2D eigenvalue weighted by Crippen LogP contribution is 2.70. The Labute approximate surface area is 180 Å². The van der Waals surface area contributed by atoms with E-state index >= 15 is 0 Å². The molecule has 2 aliphatic heterocycles. The number of hydrogen-bond donors (Lipinski definition) is 1. The molecule has 2 fully saturated rings. The Morgan fingerprint density at radius 3 is 2.65 bits per heavy atom. The molecule has 1 N–H and O–H groups in total. The third kappa shape index (κ3) is 2.22. The van der Waals surface area contributed by atoms with Gasteiger partial charge in [0.1, 0.15) is 11.1 Å². The standard InChI is InChI=1S/C23H27NO7/c1-20(2,3)31-19(26)24-11-10-21-9-8-16(25)23(27)22(21,24)12-15(30-23)13-6-7-14(28-4)18(29-5)17(13)21/h6-9,15,27H,10-12H2,1-5H3/t15-,21+,22-,23-/m0/s1. The predicted molar refractivity (Wildman–Crippen MR) is 109 cm³/mol. The third-order valence-electron chi connectivity index (χ3n) is 7.12. The summed E-state index contributed by atoms with van der Waals surface area (Å²) in [7, 11) is 3.12. The van der Waals surface area contributed by atoms with Crippen molar-refractivity contribution in [1.82, 2.24) is 4.90 Å². The number of rotatable bonds is 2. The van der Waals surface area contributed by atoms with Gasteiger partial charge in [0, 0.05) is 23.9 Å². The van der Waals surface area contributed by atoms with Crippen LogP contribution in [-0.4, -0.2) is 59.6 Å². The van der Waals surface area contributed by atoms with Crippen molar-refractivity contribution in [2.24, 2.45) is 0 Å². The van der Waals surface area contributed by atoms with E-state index in [0.717, 1.165) is 11.1 Å². The minimum absolute atomic E-state index is 0.279. The maximum atomic E-state index is 13.3. The number of fused-ring (bicyclic) bond motifs is 3. The predicted octanol–water partition coefficient (Wildman–Crippen LogP) is 2.62. The molecule has 4 atom stereocenters. The van der Waals surface area contributed by atoms with E-state index < -0.39 is 40.3 Å². The lowest BCUT2D eigenvalue weighted by Crippen LogP contribution is -2.72. The molecule has 0 radical (unpaired) electrons. The molecular formula is C23H27NO7. The summed E-state index contributed by atoms with van der Waals surface area (Å²) in [6.07, 6.45) is 2.77. The number of hydrogen-bond acceptors (Lipinski definition) is 7. The van der Waals surface area contributed by atoms with Crippen LogP contribution in [0, 0.1) is 0 Å². The molecule has 2 aliphatic carbocycles. The van der Waals surface area contributed by atoms with E-state index in [1.165, 1.54) is 11.0 Å². The number of aliphatic hydroxyl groups is 1. The smallest absolute Gasteiger partial charge is 0.411 e. The molecule has 1 aromatic rings. The number of carbonyl (C=O) groups is 2. The highest BCUT2D eigenvalue weighted by molar-refractivity contribution is 6.01. The Morgan fingerprint density at radius 2 is 2.00 bits per heavy atom. The molecule has 1 amide bonds. The number of benzene rings is 1. The second-order valence-corrected chi connectivity index (χ2v) is 9.63. The van der Waals surface area contributed by atoms with Crippen molar-refractivity contribution < 1.29 is 33.6 Å². The number of amides is 1. The van der Waals surface area contributed by atoms with Gasteiger partial charge in [-0.3, -0.25) is 9.69 Å². The van der Waals surface area contributed by atoms with Crippen molar-refractivity contribution in [3.63, 3.8) is 0 Å². The van der Waals surface area contributed by atoms with Gasteiger partial charge in [-0.2, -0.15) is 0 Å². The molecular weight excluding hydrogens is 402 g/mol. The third-order valence-corrected chi connectivity index (χ3v) is 7.12. The topological polar surface area (TPSA) is 94.5 Å². The number of likely N-dealkylation sites (tertiary alicyclic amines) is 1. The highest BCUT2D eigenvalue weighted by Gasteiger charge is 2.81. The lowest BCUT2D eigenvalue weighted by molar-refractivity contribution is -0.230. The van der Waals surface area contributed by atoms with Gasteiger partial charge in [-0.1, -0.05) is 12.1 Å². The van der Waals surface area contributed by atoms with Crippen molar-refractivity contribution >= 4 is 11.9 Å². The zero-order valence-electron chi connectivity index (χ0n) is 18.4. The average Bonchev–Trinajstić information content (AvgIpc) is 3.21. The number of carbonyl (C=O) groups excluding carboxylic acids is 2. The molecule has 8 nitrogen and oxygen atoms in total. The van der Waals surface area contributed by atoms with Crippen LogP contribution in [0.3, 0.4) is 0 Å². The maximum absolute atomic E-state index is 13.3. The summed E-state index contributed by atoms with van der Waals surface area (Å²) in [6.45, 7) is 5.65. The van der Waals surface area contributed by atoms with Crippen molar-refractivity contribution in [2.45, 2.75) is 62.1 Å². The van der Waals surface area contributed by atoms with Gasteiger partial charge in [0.25, 0.3) is 5.79 Å². The lowest BCUT2D eigenvalue weighted by Gasteiger charge is -2.54. The van der Waals surface area contributed by atoms with Gasteiger partial charge in [0.15, 0.2) is 11.5 Å². The van der Waals surface area contributed by atoms with E-state index in [2.05, 4.69) is 0 Å². The van der Waals surface area contributed by atoms with Crippen LogP contribution in [0.5, 0.6) is 11.5 Å². The van der Waals surface area contributed by atoms with E-state index in [1.807, 2.05) is 6.07 Å². The van der Waals surface area contributed by atoms with Crippen LogP contribution in [0.4, 0.5) is 4.79 Å². The quantitative estimate of drug-likeness (QED) is 0.772. The maximum Gasteiger partial charge on any atom is 0.411 e. The number of methoxy groups -OCH3 is 2. The van der Waals surface area contributed by atoms with E-state index in [-0.39, 0.29) is 6.42 Å². The molecule has 0 unspecified atom stereocenters. The zero-order valence-corrected chi connectivity index (χ0v) is 18.4. The molecule has 5 rings (SSSR count). The summed E-state index contributed by atoms with van der Waals surface area (Å²) < 4.78 is 23.1. The van der Waals surface area contributed by atoms with Crippen LogP contribution in [-0.2, 0) is 19.7 Å². The monoisotopic (exact) mass is 429 g/mol. The summed E-state index contributed by atoms with van der Waals surface area (Å²) >= 11 is 0. The largest absolute Gasteiger partial charge is 0.493 e. The molecule has 1 spiro atoms. The minimum Gasteiger partial charge on any atom is -0.493 e. The Kier molecular flexibility index (Phi) is 3.94. The van der Waals surface area contributed by atoms with Crippen LogP contribution in [0.2, 0.25) is 0 Å². The molecule has 166 valence electrons. The molecule has 2 heterocycles. The first-order valence-electron chi connectivity index (χ1n) is 10.4. The van der Waals surface area contributed by atoms with Gasteiger partial charge in [0.2, 0.25) is 5.78 Å². The van der Waals surface area contributed by atoms with Crippen molar-refractivity contribution in [1.29, 1.82) is 0 Å². The molecule has 2 bridgehead atoms. The molecule has 4 aliphatic rings. The Bertz CT molecular complexity index is 1030. The Hall–Kier alpha value is -2.58. The molecule has 2 saturated heterocycles. The normalized spacial score (nSPS) is 35.0. The van der Waals surface area contributed by atoms with Crippen LogP contribution < -0.4 is 9.47 Å². The van der Waals surface area contributed by atoms with Crippen LogP contribution >= 0.6 is 0 Å². The number of ether oxygens (including phenoxy) is 4. The first kappa shape index (κ1) is 20.3. The van der Waals surface area contributed by atoms with Crippen molar-refractivity contribution in [3.05, 3.63) is 35.4 Å². The summed E-state index contributed by atoms with van der Waals surface area (Å²) in [5.74, 6) is -1.69. The van der Waals surface area contributed by atoms with Gasteiger partial charge in [-0.05, 0) is 44.9 Å². The van der Waals surface area contributed by atoms with Gasteiger partial charge in [-0.25, -0.2) is 4.79 Å². The highest BCUT2D eigenvalue weighted by atomic mass is 16.7. The van der Waals surface area contributed by atoms with Crippen molar-refractivity contribution in [3.8, 4) is 11.5 Å². The summed E-state index contributed by atoms with van der Waals surface area (Å²) in [5, 5.41) is 11.8. The van der Waals surface area contributed by atoms with Crippen LogP contribution in [0.1, 0.15) is 50.8 Å². The Morgan fingerprint density at radius 1 is 1.26 bits per heavy atom. The first-order chi connectivity index (χ1) is 14.5. The zero-order chi connectivity index (χ0) is 22.4. The number of ketones is 1. The SMILES string of the molecule is COc1ccc2c(c1OC)[C@]13C=CC(=O)[C@]4(O)O[C@H]2C[C@@]41N(C(=O)OC(C)(C)C)CC3. The fourth-order valence-electron chi connectivity index (χ4n) is 6.09. The molecule has 0 saturated carbocycles. The molecule has 0 aromatic heterocycles. The van der Waals surface area contributed by atoms with Crippen LogP contribution in [0.15, 0.2) is 24.3 Å². The summed E-state index contributed by atoms with van der Waals surface area (Å²) in [6, 6.07) is 3.68. The van der Waals surface area contributed by atoms with E-state index in [4.69, 9.17) is 18.9 Å². The first-order valence-corrected chi connectivity index (χ1v) is 10.4. The van der Waals surface area contributed by atoms with E-state index in [1.54, 1.807) is 47.1 Å². The second kappa shape index (κ2) is 6.01. The minimum atomic E-state index is -2.18. The summed E-state index contributed by atoms with van der Waals surface area (Å²) in [4.78, 5) is 27.8. The van der Waals surface area contributed by atoms with Gasteiger partial charge in [0.05, 0.1) is 20.3 Å². The fourth-order valence-corrected chi connectivity index (χ4v) is 6.09. The van der Waals surface area contributed by atoms with E-state index in [9.17, 15) is 14.7 Å².